The fraction of sp³-hybridized carbons (Fsp3) is 0.409. The molecule has 0 N–H and O–H groups in total. The number of carbonyl (C=O) groups is 1. The second-order valence-corrected chi connectivity index (χ2v) is 6.66. The first-order valence-corrected chi connectivity index (χ1v) is 9.36. The van der Waals surface area contributed by atoms with Crippen molar-refractivity contribution in [3.8, 4) is 40.2 Å². The number of methoxy groups -OCH3 is 5. The minimum absolute atomic E-state index is 0.0366. The van der Waals surface area contributed by atoms with Gasteiger partial charge < -0.3 is 33.2 Å². The van der Waals surface area contributed by atoms with Crippen LogP contribution in [0.1, 0.15) is 24.0 Å². The molecule has 1 aliphatic rings. The van der Waals surface area contributed by atoms with E-state index in [0.717, 1.165) is 11.1 Å². The molecule has 8 nitrogen and oxygen atoms in total. The Labute approximate surface area is 175 Å². The lowest BCUT2D eigenvalue weighted by Crippen LogP contribution is -2.21. The van der Waals surface area contributed by atoms with E-state index in [1.807, 2.05) is 12.1 Å². The van der Waals surface area contributed by atoms with Crippen LogP contribution in [0.5, 0.6) is 40.2 Å². The Kier molecular flexibility index (Phi) is 6.44. The minimum Gasteiger partial charge on any atom is -0.493 e. The van der Waals surface area contributed by atoms with Gasteiger partial charge in [0.2, 0.25) is 17.2 Å². The van der Waals surface area contributed by atoms with Gasteiger partial charge >= 0.3 is 5.97 Å². The summed E-state index contributed by atoms with van der Waals surface area (Å²) in [5.41, 5.74) is 1.80. The maximum atomic E-state index is 11.4. The molecule has 0 radical (unpaired) electrons. The molecule has 0 saturated carbocycles. The molecule has 0 saturated heterocycles. The van der Waals surface area contributed by atoms with Crippen LogP contribution in [-0.4, -0.2) is 48.1 Å². The summed E-state index contributed by atoms with van der Waals surface area (Å²) in [5, 5.41) is 0. The topological polar surface area (TPSA) is 81.7 Å². The number of carbonyl (C=O) groups excluding carboxylic acids is 1. The molecule has 1 atom stereocenters. The van der Waals surface area contributed by atoms with Gasteiger partial charge in [0.1, 0.15) is 0 Å². The lowest BCUT2D eigenvalue weighted by atomic mass is 9.89. The van der Waals surface area contributed by atoms with Crippen LogP contribution in [0.3, 0.4) is 0 Å². The van der Waals surface area contributed by atoms with Gasteiger partial charge in [0.15, 0.2) is 23.0 Å². The van der Waals surface area contributed by atoms with Crippen LogP contribution in [0.2, 0.25) is 0 Å². The Hall–Kier alpha value is -3.29. The van der Waals surface area contributed by atoms with Crippen molar-refractivity contribution in [3.05, 3.63) is 29.3 Å². The summed E-state index contributed by atoms with van der Waals surface area (Å²) in [6, 6.07) is 5.45. The highest BCUT2D eigenvalue weighted by molar-refractivity contribution is 5.72. The SMILES string of the molecule is COc1cc([C@H]2COc3c(ccc(OC(C)=O)c3OC)C2)c(OC)c(OC)c1OC. The van der Waals surface area contributed by atoms with Gasteiger partial charge in [0.05, 0.1) is 42.2 Å². The maximum absolute atomic E-state index is 11.4. The monoisotopic (exact) mass is 418 g/mol. The molecule has 1 aliphatic heterocycles. The van der Waals surface area contributed by atoms with Gasteiger partial charge in [0.25, 0.3) is 0 Å². The van der Waals surface area contributed by atoms with Crippen molar-refractivity contribution in [2.75, 3.05) is 42.2 Å². The van der Waals surface area contributed by atoms with E-state index in [-0.39, 0.29) is 5.92 Å². The van der Waals surface area contributed by atoms with Crippen molar-refractivity contribution in [2.24, 2.45) is 0 Å². The second kappa shape index (κ2) is 9.02. The molecule has 0 aliphatic carbocycles. The van der Waals surface area contributed by atoms with Crippen molar-refractivity contribution in [3.63, 3.8) is 0 Å². The molecule has 0 bridgehead atoms. The van der Waals surface area contributed by atoms with Crippen LogP contribution in [0.15, 0.2) is 18.2 Å². The molecule has 2 aromatic carbocycles. The Morgan fingerprint density at radius 1 is 0.867 bits per heavy atom. The number of benzene rings is 2. The fourth-order valence-electron chi connectivity index (χ4n) is 3.70. The highest BCUT2D eigenvalue weighted by Crippen LogP contribution is 2.51. The molecule has 1 heterocycles. The van der Waals surface area contributed by atoms with Crippen LogP contribution in [0, 0.1) is 0 Å². The predicted molar refractivity (Wildman–Crippen MR) is 109 cm³/mol. The van der Waals surface area contributed by atoms with Crippen LogP contribution in [0.25, 0.3) is 0 Å². The van der Waals surface area contributed by atoms with Gasteiger partial charge in [-0.3, -0.25) is 4.79 Å². The van der Waals surface area contributed by atoms with E-state index in [1.165, 1.54) is 14.0 Å². The van der Waals surface area contributed by atoms with Gasteiger partial charge in [-0.25, -0.2) is 0 Å². The number of rotatable bonds is 7. The van der Waals surface area contributed by atoms with Gasteiger partial charge in [-0.15, -0.1) is 0 Å². The Bertz CT molecular complexity index is 937. The summed E-state index contributed by atoms with van der Waals surface area (Å²) < 4.78 is 38.9. The third-order valence-electron chi connectivity index (χ3n) is 4.97. The zero-order valence-electron chi connectivity index (χ0n) is 18.0. The van der Waals surface area contributed by atoms with Gasteiger partial charge in [-0.1, -0.05) is 6.07 Å². The van der Waals surface area contributed by atoms with Crippen LogP contribution in [0.4, 0.5) is 0 Å². The molecule has 3 rings (SSSR count). The van der Waals surface area contributed by atoms with Crippen LogP contribution in [-0.2, 0) is 11.2 Å². The van der Waals surface area contributed by atoms with Crippen molar-refractivity contribution < 1.29 is 38.0 Å². The van der Waals surface area contributed by atoms with E-state index in [0.29, 0.717) is 53.3 Å². The van der Waals surface area contributed by atoms with E-state index in [4.69, 9.17) is 33.2 Å². The zero-order valence-corrected chi connectivity index (χ0v) is 18.0. The minimum atomic E-state index is -0.427. The lowest BCUT2D eigenvalue weighted by Gasteiger charge is -2.29. The van der Waals surface area contributed by atoms with E-state index >= 15 is 0 Å². The summed E-state index contributed by atoms with van der Waals surface area (Å²) in [4.78, 5) is 11.4. The van der Waals surface area contributed by atoms with Crippen molar-refractivity contribution in [2.45, 2.75) is 19.3 Å². The summed E-state index contributed by atoms with van der Waals surface area (Å²) in [6.45, 7) is 1.70. The van der Waals surface area contributed by atoms with Crippen molar-refractivity contribution >= 4 is 5.97 Å². The molecule has 0 amide bonds. The number of esters is 1. The molecule has 30 heavy (non-hydrogen) atoms. The van der Waals surface area contributed by atoms with Gasteiger partial charge in [-0.05, 0) is 24.1 Å². The zero-order chi connectivity index (χ0) is 21.8. The van der Waals surface area contributed by atoms with E-state index in [2.05, 4.69) is 0 Å². The molecular formula is C22H26O8. The Balaban J connectivity index is 2.04. The number of hydrogen-bond donors (Lipinski definition) is 0. The highest BCUT2D eigenvalue weighted by Gasteiger charge is 2.31. The average molecular weight is 418 g/mol. The Morgan fingerprint density at radius 3 is 2.10 bits per heavy atom. The molecular weight excluding hydrogens is 392 g/mol. The van der Waals surface area contributed by atoms with Crippen molar-refractivity contribution in [1.29, 1.82) is 0 Å². The van der Waals surface area contributed by atoms with E-state index < -0.39 is 5.97 Å². The van der Waals surface area contributed by atoms with E-state index in [1.54, 1.807) is 34.5 Å². The third-order valence-corrected chi connectivity index (χ3v) is 4.97. The van der Waals surface area contributed by atoms with Gasteiger partial charge in [0, 0.05) is 18.4 Å². The third kappa shape index (κ3) is 3.77. The average Bonchev–Trinajstić information content (AvgIpc) is 2.76. The standard InChI is InChI=1S/C22H26O8/c1-12(23)30-16-8-7-13-9-14(11-29-18(13)20(16)26-4)15-10-17(24-2)21(27-5)22(28-6)19(15)25-3/h7-8,10,14H,9,11H2,1-6H3/t14-/m1/s1. The summed E-state index contributed by atoms with van der Waals surface area (Å²) in [6.07, 6.45) is 0.654. The highest BCUT2D eigenvalue weighted by atomic mass is 16.6. The largest absolute Gasteiger partial charge is 0.493 e. The lowest BCUT2D eigenvalue weighted by molar-refractivity contribution is -0.132. The van der Waals surface area contributed by atoms with Gasteiger partial charge in [-0.2, -0.15) is 0 Å². The number of hydrogen-bond acceptors (Lipinski definition) is 8. The van der Waals surface area contributed by atoms with Crippen LogP contribution < -0.4 is 33.2 Å². The summed E-state index contributed by atoms with van der Waals surface area (Å²) in [7, 11) is 7.77. The molecule has 0 unspecified atom stereocenters. The first-order valence-electron chi connectivity index (χ1n) is 9.36. The van der Waals surface area contributed by atoms with Crippen LogP contribution >= 0.6 is 0 Å². The molecule has 8 heteroatoms. The second-order valence-electron chi connectivity index (χ2n) is 6.66. The Morgan fingerprint density at radius 2 is 1.53 bits per heavy atom. The molecule has 2 aromatic rings. The first kappa shape index (κ1) is 21.4. The van der Waals surface area contributed by atoms with E-state index in [9.17, 15) is 4.79 Å². The molecule has 162 valence electrons. The van der Waals surface area contributed by atoms with Crippen molar-refractivity contribution in [1.82, 2.24) is 0 Å². The number of ether oxygens (including phenoxy) is 7. The molecule has 0 spiro atoms. The first-order chi connectivity index (χ1) is 14.5. The summed E-state index contributed by atoms with van der Waals surface area (Å²) >= 11 is 0. The fourth-order valence-corrected chi connectivity index (χ4v) is 3.70. The molecule has 0 aromatic heterocycles. The molecule has 0 fully saturated rings. The maximum Gasteiger partial charge on any atom is 0.308 e. The smallest absolute Gasteiger partial charge is 0.308 e. The normalized spacial score (nSPS) is 14.8. The number of fused-ring (bicyclic) bond motifs is 1. The quantitative estimate of drug-likeness (QED) is 0.500. The summed E-state index contributed by atoms with van der Waals surface area (Å²) in [5.74, 6) is 2.86. The predicted octanol–water partition coefficient (Wildman–Crippen LogP) is 3.37.